The van der Waals surface area contributed by atoms with Crippen LogP contribution >= 0.6 is 0 Å². The predicted octanol–water partition coefficient (Wildman–Crippen LogP) is 5.86. The molecule has 3 nitrogen and oxygen atoms in total. The van der Waals surface area contributed by atoms with Crippen LogP contribution in [0, 0.1) is 29.3 Å². The van der Waals surface area contributed by atoms with Crippen LogP contribution in [0.3, 0.4) is 0 Å². The third-order valence-electron chi connectivity index (χ3n) is 5.72. The SMILES string of the molecule is CCCC1CCC(c2ccc(-c3cc(F)c(F)c(F)c3)cc2O)C(C(=O)O)C1. The maximum Gasteiger partial charge on any atom is 0.307 e. The molecule has 2 N–H and O–H groups in total. The molecule has 0 radical (unpaired) electrons. The lowest BCUT2D eigenvalue weighted by molar-refractivity contribution is -0.144. The molecule has 1 aliphatic carbocycles. The van der Waals surface area contributed by atoms with E-state index in [-0.39, 0.29) is 17.2 Å². The number of carbonyl (C=O) groups is 1. The summed E-state index contributed by atoms with van der Waals surface area (Å²) >= 11 is 0. The zero-order chi connectivity index (χ0) is 20.4. The van der Waals surface area contributed by atoms with Gasteiger partial charge in [0.1, 0.15) is 5.75 Å². The van der Waals surface area contributed by atoms with Crippen LogP contribution in [0.25, 0.3) is 11.1 Å². The molecule has 0 amide bonds. The summed E-state index contributed by atoms with van der Waals surface area (Å²) in [6.07, 6.45) is 4.13. The van der Waals surface area contributed by atoms with Crippen LogP contribution in [0.4, 0.5) is 13.2 Å². The molecule has 3 unspecified atom stereocenters. The molecule has 0 aromatic heterocycles. The highest BCUT2D eigenvalue weighted by Crippen LogP contribution is 2.45. The predicted molar refractivity (Wildman–Crippen MR) is 99.5 cm³/mol. The monoisotopic (exact) mass is 392 g/mol. The van der Waals surface area contributed by atoms with Gasteiger partial charge in [-0.05, 0) is 60.1 Å². The summed E-state index contributed by atoms with van der Waals surface area (Å²) in [7, 11) is 0. The molecule has 6 heteroatoms. The molecule has 150 valence electrons. The summed E-state index contributed by atoms with van der Waals surface area (Å²) in [5.41, 5.74) is 0.944. The van der Waals surface area contributed by atoms with Crippen molar-refractivity contribution in [1.29, 1.82) is 0 Å². The number of rotatable bonds is 5. The Kier molecular flexibility index (Phi) is 5.96. The van der Waals surface area contributed by atoms with Gasteiger partial charge in [0.25, 0.3) is 0 Å². The lowest BCUT2D eigenvalue weighted by atomic mass is 9.70. The number of aliphatic carboxylic acids is 1. The van der Waals surface area contributed by atoms with E-state index in [1.807, 2.05) is 0 Å². The van der Waals surface area contributed by atoms with Crippen LogP contribution in [0.5, 0.6) is 5.75 Å². The van der Waals surface area contributed by atoms with Gasteiger partial charge >= 0.3 is 5.97 Å². The van der Waals surface area contributed by atoms with E-state index < -0.39 is 29.3 Å². The quantitative estimate of drug-likeness (QED) is 0.627. The van der Waals surface area contributed by atoms with Crippen molar-refractivity contribution in [1.82, 2.24) is 0 Å². The number of carboxylic acids is 1. The fraction of sp³-hybridized carbons (Fsp3) is 0.409. The zero-order valence-electron chi connectivity index (χ0n) is 15.6. The lowest BCUT2D eigenvalue weighted by Crippen LogP contribution is -2.29. The highest BCUT2D eigenvalue weighted by molar-refractivity contribution is 5.72. The Morgan fingerprint density at radius 2 is 1.75 bits per heavy atom. The topological polar surface area (TPSA) is 57.5 Å². The van der Waals surface area contributed by atoms with Gasteiger partial charge in [-0.25, -0.2) is 13.2 Å². The maximum absolute atomic E-state index is 13.5. The average molecular weight is 392 g/mol. The van der Waals surface area contributed by atoms with Crippen molar-refractivity contribution in [3.8, 4) is 16.9 Å². The van der Waals surface area contributed by atoms with E-state index in [2.05, 4.69) is 6.92 Å². The first kappa shape index (κ1) is 20.2. The van der Waals surface area contributed by atoms with Crippen molar-refractivity contribution in [2.45, 2.75) is 44.9 Å². The fourth-order valence-electron chi connectivity index (χ4n) is 4.33. The summed E-state index contributed by atoms with van der Waals surface area (Å²) in [5, 5.41) is 20.2. The normalized spacial score (nSPS) is 22.2. The van der Waals surface area contributed by atoms with E-state index in [1.54, 1.807) is 12.1 Å². The van der Waals surface area contributed by atoms with E-state index in [0.717, 1.165) is 31.4 Å². The second-order valence-corrected chi connectivity index (χ2v) is 7.55. The van der Waals surface area contributed by atoms with Gasteiger partial charge in [-0.15, -0.1) is 0 Å². The Balaban J connectivity index is 1.91. The molecule has 0 heterocycles. The van der Waals surface area contributed by atoms with Gasteiger partial charge < -0.3 is 10.2 Å². The summed E-state index contributed by atoms with van der Waals surface area (Å²) in [6.45, 7) is 2.08. The Bertz CT molecular complexity index is 858. The Morgan fingerprint density at radius 3 is 2.32 bits per heavy atom. The van der Waals surface area contributed by atoms with E-state index in [1.165, 1.54) is 6.07 Å². The minimum absolute atomic E-state index is 0.0969. The second-order valence-electron chi connectivity index (χ2n) is 7.55. The Morgan fingerprint density at radius 1 is 1.07 bits per heavy atom. The minimum atomic E-state index is -1.54. The highest BCUT2D eigenvalue weighted by atomic mass is 19.2. The van der Waals surface area contributed by atoms with Crippen LogP contribution in [0.2, 0.25) is 0 Å². The third-order valence-corrected chi connectivity index (χ3v) is 5.72. The summed E-state index contributed by atoms with van der Waals surface area (Å²) in [5.74, 6) is -5.68. The number of halogens is 3. The fourth-order valence-corrected chi connectivity index (χ4v) is 4.33. The number of benzene rings is 2. The Hall–Kier alpha value is -2.50. The molecule has 3 atom stereocenters. The van der Waals surface area contributed by atoms with Gasteiger partial charge in [0.05, 0.1) is 5.92 Å². The molecule has 3 rings (SSSR count). The molecule has 0 aliphatic heterocycles. The molecule has 2 aromatic rings. The molecule has 0 bridgehead atoms. The van der Waals surface area contributed by atoms with Crippen molar-refractivity contribution in [2.75, 3.05) is 0 Å². The van der Waals surface area contributed by atoms with Gasteiger partial charge in [0.2, 0.25) is 0 Å². The zero-order valence-corrected chi connectivity index (χ0v) is 15.6. The standard InChI is InChI=1S/C22H23F3O3/c1-2-3-12-4-6-15(17(8-12)22(27)28)16-7-5-13(11-20(16)26)14-9-18(23)21(25)19(24)10-14/h5,7,9-12,15,17,26H,2-4,6,8H2,1H3,(H,27,28). The smallest absolute Gasteiger partial charge is 0.307 e. The summed E-state index contributed by atoms with van der Waals surface area (Å²) in [4.78, 5) is 11.8. The van der Waals surface area contributed by atoms with Gasteiger partial charge in [0, 0.05) is 5.92 Å². The maximum atomic E-state index is 13.5. The van der Waals surface area contributed by atoms with E-state index in [0.29, 0.717) is 29.9 Å². The summed E-state index contributed by atoms with van der Waals surface area (Å²) < 4.78 is 40.1. The van der Waals surface area contributed by atoms with Gasteiger partial charge in [-0.1, -0.05) is 31.9 Å². The lowest BCUT2D eigenvalue weighted by Gasteiger charge is -2.34. The number of phenols is 1. The van der Waals surface area contributed by atoms with E-state index >= 15 is 0 Å². The number of aromatic hydroxyl groups is 1. The Labute approximate surface area is 161 Å². The number of phenolic OH excluding ortho intramolecular Hbond substituents is 1. The van der Waals surface area contributed by atoms with Crippen molar-refractivity contribution in [3.05, 3.63) is 53.3 Å². The molecular weight excluding hydrogens is 369 g/mol. The molecule has 0 spiro atoms. The van der Waals surface area contributed by atoms with Crippen molar-refractivity contribution >= 4 is 5.97 Å². The van der Waals surface area contributed by atoms with Crippen molar-refractivity contribution < 1.29 is 28.2 Å². The van der Waals surface area contributed by atoms with Crippen LogP contribution in [-0.4, -0.2) is 16.2 Å². The molecule has 28 heavy (non-hydrogen) atoms. The van der Waals surface area contributed by atoms with Gasteiger partial charge in [-0.2, -0.15) is 0 Å². The molecule has 1 fully saturated rings. The van der Waals surface area contributed by atoms with Crippen LogP contribution in [-0.2, 0) is 4.79 Å². The van der Waals surface area contributed by atoms with E-state index in [9.17, 15) is 28.2 Å². The first-order chi connectivity index (χ1) is 13.3. The first-order valence-corrected chi connectivity index (χ1v) is 9.52. The van der Waals surface area contributed by atoms with Crippen molar-refractivity contribution in [2.24, 2.45) is 11.8 Å². The largest absolute Gasteiger partial charge is 0.508 e. The summed E-state index contributed by atoms with van der Waals surface area (Å²) in [6, 6.07) is 6.24. The second kappa shape index (κ2) is 8.25. The number of hydrogen-bond acceptors (Lipinski definition) is 2. The molecule has 1 saturated carbocycles. The number of hydrogen-bond donors (Lipinski definition) is 2. The highest BCUT2D eigenvalue weighted by Gasteiger charge is 2.37. The molecular formula is C22H23F3O3. The van der Waals surface area contributed by atoms with Crippen LogP contribution in [0.15, 0.2) is 30.3 Å². The number of carboxylic acid groups (broad SMARTS) is 1. The minimum Gasteiger partial charge on any atom is -0.508 e. The molecule has 0 saturated heterocycles. The first-order valence-electron chi connectivity index (χ1n) is 9.52. The molecule has 1 aliphatic rings. The van der Waals surface area contributed by atoms with Crippen molar-refractivity contribution in [3.63, 3.8) is 0 Å². The third kappa shape index (κ3) is 4.01. The van der Waals surface area contributed by atoms with Crippen LogP contribution < -0.4 is 0 Å². The van der Waals surface area contributed by atoms with E-state index in [4.69, 9.17) is 0 Å². The van der Waals surface area contributed by atoms with Gasteiger partial charge in [0.15, 0.2) is 17.5 Å². The molecule has 2 aromatic carbocycles. The average Bonchev–Trinajstić information content (AvgIpc) is 2.66. The van der Waals surface area contributed by atoms with Crippen LogP contribution in [0.1, 0.15) is 50.5 Å². The van der Waals surface area contributed by atoms with Gasteiger partial charge in [-0.3, -0.25) is 4.79 Å².